The van der Waals surface area contributed by atoms with Crippen LogP contribution in [0, 0.1) is 19.8 Å². The molecule has 2 heterocycles. The van der Waals surface area contributed by atoms with Gasteiger partial charge in [-0.2, -0.15) is 0 Å². The summed E-state index contributed by atoms with van der Waals surface area (Å²) < 4.78 is 32.6. The number of nitrogens with one attached hydrogen (secondary N) is 1. The molecule has 0 aliphatic carbocycles. The van der Waals surface area contributed by atoms with Crippen LogP contribution in [0.5, 0.6) is 0 Å². The number of hydrogen-bond donors (Lipinski definition) is 1. The van der Waals surface area contributed by atoms with E-state index >= 15 is 0 Å². The monoisotopic (exact) mass is 349 g/mol. The average molecular weight is 349 g/mol. The van der Waals surface area contributed by atoms with Crippen LogP contribution in [0.25, 0.3) is 0 Å². The lowest BCUT2D eigenvalue weighted by atomic mass is 10.00. The molecule has 130 valence electrons. The number of aryl methyl sites for hydroxylation is 2. The minimum absolute atomic E-state index is 0.108. The second kappa shape index (κ2) is 6.47. The first-order valence-electron chi connectivity index (χ1n) is 8.17. The first-order valence-corrected chi connectivity index (χ1v) is 9.66. The van der Waals surface area contributed by atoms with Gasteiger partial charge in [-0.05, 0) is 56.9 Å². The van der Waals surface area contributed by atoms with E-state index in [9.17, 15) is 8.42 Å². The van der Waals surface area contributed by atoms with E-state index in [2.05, 4.69) is 21.7 Å². The van der Waals surface area contributed by atoms with Crippen molar-refractivity contribution < 1.29 is 12.9 Å². The number of hydrogen-bond acceptors (Lipinski definition) is 5. The number of sulfonamides is 1. The molecule has 6 nitrogen and oxygen atoms in total. The number of nitrogens with zero attached hydrogens (tertiary/aromatic N) is 2. The second-order valence-electron chi connectivity index (χ2n) is 6.50. The Labute approximate surface area is 142 Å². The molecule has 1 atom stereocenters. The molecule has 1 aliphatic rings. The quantitative estimate of drug-likeness (QED) is 0.916. The van der Waals surface area contributed by atoms with Crippen LogP contribution in [0.2, 0.25) is 0 Å². The summed E-state index contributed by atoms with van der Waals surface area (Å²) in [4.78, 5) is 2.46. The van der Waals surface area contributed by atoms with E-state index in [0.717, 1.165) is 18.8 Å². The minimum atomic E-state index is -3.70. The lowest BCUT2D eigenvalue weighted by molar-refractivity contribution is 0.390. The van der Waals surface area contributed by atoms with Crippen molar-refractivity contribution in [2.24, 2.45) is 5.92 Å². The first-order chi connectivity index (χ1) is 11.4. The Kier molecular flexibility index (Phi) is 4.54. The van der Waals surface area contributed by atoms with Gasteiger partial charge in [0.15, 0.2) is 10.7 Å². The van der Waals surface area contributed by atoms with E-state index in [0.29, 0.717) is 23.1 Å². The molecule has 2 aromatic rings. The Bertz CT molecular complexity index is 793. The highest BCUT2D eigenvalue weighted by Gasteiger charge is 2.24. The number of rotatable bonds is 4. The van der Waals surface area contributed by atoms with E-state index in [-0.39, 0.29) is 4.90 Å². The lowest BCUT2D eigenvalue weighted by Crippen LogP contribution is -2.34. The van der Waals surface area contributed by atoms with Crippen LogP contribution in [-0.2, 0) is 10.0 Å². The van der Waals surface area contributed by atoms with Crippen LogP contribution in [0.15, 0.2) is 33.7 Å². The molecular formula is C17H23N3O3S. The van der Waals surface area contributed by atoms with Crippen molar-refractivity contribution >= 4 is 21.4 Å². The molecule has 0 spiro atoms. The van der Waals surface area contributed by atoms with Crippen LogP contribution in [0.3, 0.4) is 0 Å². The zero-order chi connectivity index (χ0) is 17.3. The summed E-state index contributed by atoms with van der Waals surface area (Å²) >= 11 is 0. The second-order valence-corrected chi connectivity index (χ2v) is 8.12. The standard InChI is InChI=1S/C17H23N3O3S/c1-12-5-4-10-20(11-12)16-8-6-15(7-9-16)19-24(21,22)17-13(2)18-23-14(17)3/h6-9,12,19H,4-5,10-11H2,1-3H3. The molecule has 0 amide bonds. The predicted octanol–water partition coefficient (Wildman–Crippen LogP) is 3.33. The fraction of sp³-hybridized carbons (Fsp3) is 0.471. The Hall–Kier alpha value is -2.02. The van der Waals surface area contributed by atoms with E-state index in [4.69, 9.17) is 4.52 Å². The Morgan fingerprint density at radius 3 is 2.54 bits per heavy atom. The fourth-order valence-corrected chi connectivity index (χ4v) is 4.62. The Morgan fingerprint density at radius 2 is 1.96 bits per heavy atom. The normalized spacial score (nSPS) is 18.6. The molecule has 1 aliphatic heterocycles. The number of benzene rings is 1. The van der Waals surface area contributed by atoms with Gasteiger partial charge in [0, 0.05) is 24.5 Å². The molecule has 1 aromatic heterocycles. The maximum atomic E-state index is 12.5. The topological polar surface area (TPSA) is 75.4 Å². The minimum Gasteiger partial charge on any atom is -0.371 e. The van der Waals surface area contributed by atoms with Crippen molar-refractivity contribution in [1.82, 2.24) is 5.16 Å². The highest BCUT2D eigenvalue weighted by Crippen LogP contribution is 2.26. The van der Waals surface area contributed by atoms with Gasteiger partial charge in [-0.25, -0.2) is 8.42 Å². The summed E-state index contributed by atoms with van der Waals surface area (Å²) in [6.45, 7) is 7.57. The molecule has 1 unspecified atom stereocenters. The maximum absolute atomic E-state index is 12.5. The van der Waals surface area contributed by atoms with Crippen LogP contribution < -0.4 is 9.62 Å². The molecule has 3 rings (SSSR count). The fourth-order valence-electron chi connectivity index (χ4n) is 3.23. The van der Waals surface area contributed by atoms with Crippen molar-refractivity contribution in [2.45, 2.75) is 38.5 Å². The lowest BCUT2D eigenvalue weighted by Gasteiger charge is -2.32. The maximum Gasteiger partial charge on any atom is 0.267 e. The van der Waals surface area contributed by atoms with Gasteiger partial charge < -0.3 is 9.42 Å². The van der Waals surface area contributed by atoms with Gasteiger partial charge in [0.1, 0.15) is 5.69 Å². The SMILES string of the molecule is Cc1noc(C)c1S(=O)(=O)Nc1ccc(N2CCCC(C)C2)cc1. The van der Waals surface area contributed by atoms with Gasteiger partial charge in [-0.3, -0.25) is 4.72 Å². The third-order valence-electron chi connectivity index (χ3n) is 4.38. The summed E-state index contributed by atoms with van der Waals surface area (Å²) in [5.41, 5.74) is 2.02. The van der Waals surface area contributed by atoms with E-state index in [1.165, 1.54) is 12.8 Å². The highest BCUT2D eigenvalue weighted by molar-refractivity contribution is 7.92. The van der Waals surface area contributed by atoms with Gasteiger partial charge in [-0.1, -0.05) is 12.1 Å². The van der Waals surface area contributed by atoms with Gasteiger partial charge in [0.05, 0.1) is 0 Å². The van der Waals surface area contributed by atoms with E-state index in [1.54, 1.807) is 26.0 Å². The predicted molar refractivity (Wildman–Crippen MR) is 93.8 cm³/mol. The summed E-state index contributed by atoms with van der Waals surface area (Å²) in [6, 6.07) is 7.51. The molecule has 1 fully saturated rings. The average Bonchev–Trinajstić information content (AvgIpc) is 2.87. The summed E-state index contributed by atoms with van der Waals surface area (Å²) in [5, 5.41) is 3.71. The van der Waals surface area contributed by atoms with Crippen LogP contribution >= 0.6 is 0 Å². The largest absolute Gasteiger partial charge is 0.371 e. The van der Waals surface area contributed by atoms with Gasteiger partial charge in [0.25, 0.3) is 10.0 Å². The third-order valence-corrected chi connectivity index (χ3v) is 6.00. The molecule has 7 heteroatoms. The summed E-state index contributed by atoms with van der Waals surface area (Å²) in [7, 11) is -3.70. The van der Waals surface area contributed by atoms with Crippen molar-refractivity contribution in [3.8, 4) is 0 Å². The van der Waals surface area contributed by atoms with Crippen LogP contribution in [0.4, 0.5) is 11.4 Å². The zero-order valence-corrected chi connectivity index (χ0v) is 15.1. The van der Waals surface area contributed by atoms with E-state index in [1.807, 2.05) is 12.1 Å². The Morgan fingerprint density at radius 1 is 1.25 bits per heavy atom. The molecule has 0 bridgehead atoms. The molecule has 0 saturated carbocycles. The summed E-state index contributed by atoms with van der Waals surface area (Å²) in [6.07, 6.45) is 2.47. The molecule has 24 heavy (non-hydrogen) atoms. The van der Waals surface area contributed by atoms with Gasteiger partial charge in [0.2, 0.25) is 0 Å². The van der Waals surface area contributed by atoms with Crippen LogP contribution in [0.1, 0.15) is 31.2 Å². The molecule has 1 aromatic carbocycles. The third kappa shape index (κ3) is 3.40. The number of aromatic nitrogens is 1. The molecule has 1 saturated heterocycles. The number of anilines is 2. The molecule has 1 N–H and O–H groups in total. The van der Waals surface area contributed by atoms with Crippen molar-refractivity contribution in [3.63, 3.8) is 0 Å². The van der Waals surface area contributed by atoms with Gasteiger partial charge in [-0.15, -0.1) is 0 Å². The summed E-state index contributed by atoms with van der Waals surface area (Å²) in [5.74, 6) is 0.982. The Balaban J connectivity index is 1.77. The van der Waals surface area contributed by atoms with Crippen molar-refractivity contribution in [2.75, 3.05) is 22.7 Å². The number of piperidine rings is 1. The van der Waals surface area contributed by atoms with E-state index < -0.39 is 10.0 Å². The van der Waals surface area contributed by atoms with Crippen LogP contribution in [-0.4, -0.2) is 26.7 Å². The highest BCUT2D eigenvalue weighted by atomic mass is 32.2. The molecule has 0 radical (unpaired) electrons. The first kappa shape index (κ1) is 16.8. The smallest absolute Gasteiger partial charge is 0.267 e. The van der Waals surface area contributed by atoms with Crippen molar-refractivity contribution in [1.29, 1.82) is 0 Å². The zero-order valence-electron chi connectivity index (χ0n) is 14.2. The van der Waals surface area contributed by atoms with Gasteiger partial charge >= 0.3 is 0 Å². The molecular weight excluding hydrogens is 326 g/mol. The van der Waals surface area contributed by atoms with Crippen molar-refractivity contribution in [3.05, 3.63) is 35.7 Å².